The largest absolute Gasteiger partial charge is 0.481 e. The van der Waals surface area contributed by atoms with Crippen LogP contribution in [-0.2, 0) is 14.3 Å². The number of carboxylic acids is 1. The minimum Gasteiger partial charge on any atom is -0.481 e. The third kappa shape index (κ3) is 3.81. The number of benzene rings is 1. The van der Waals surface area contributed by atoms with Crippen LogP contribution in [0.2, 0.25) is 0 Å². The molecule has 0 bridgehead atoms. The van der Waals surface area contributed by atoms with E-state index in [9.17, 15) is 29.6 Å². The van der Waals surface area contributed by atoms with E-state index in [4.69, 9.17) is 4.74 Å². The Morgan fingerprint density at radius 2 is 2.04 bits per heavy atom. The summed E-state index contributed by atoms with van der Waals surface area (Å²) in [6.07, 6.45) is 0.426. The first-order chi connectivity index (χ1) is 13.3. The van der Waals surface area contributed by atoms with Gasteiger partial charge in [-0.25, -0.2) is 0 Å². The van der Waals surface area contributed by atoms with Crippen LogP contribution < -0.4 is 5.32 Å². The fraction of sp³-hybridized carbons (Fsp3) is 0.500. The van der Waals surface area contributed by atoms with E-state index in [1.54, 1.807) is 0 Å². The molecule has 2 amide bonds. The number of nitrogens with one attached hydrogen (secondary N) is 1. The normalized spacial score (nSPS) is 23.7. The fourth-order valence-corrected chi connectivity index (χ4v) is 3.77. The van der Waals surface area contributed by atoms with Gasteiger partial charge in [-0.15, -0.1) is 0 Å². The van der Waals surface area contributed by atoms with E-state index in [0.717, 1.165) is 0 Å². The van der Waals surface area contributed by atoms with Crippen LogP contribution in [0, 0.1) is 21.4 Å². The third-order valence-corrected chi connectivity index (χ3v) is 5.45. The zero-order valence-electron chi connectivity index (χ0n) is 15.1. The van der Waals surface area contributed by atoms with Crippen LogP contribution in [0.5, 0.6) is 0 Å². The maximum absolute atomic E-state index is 12.5. The summed E-state index contributed by atoms with van der Waals surface area (Å²) in [5.41, 5.74) is -0.804. The Morgan fingerprint density at radius 1 is 1.32 bits per heavy atom. The number of carbonyl (C=O) groups excluding carboxylic acids is 2. The van der Waals surface area contributed by atoms with Gasteiger partial charge in [-0.05, 0) is 18.6 Å². The number of hydrogen-bond donors (Lipinski definition) is 2. The summed E-state index contributed by atoms with van der Waals surface area (Å²) in [7, 11) is 0. The Hall–Kier alpha value is -3.01. The van der Waals surface area contributed by atoms with Gasteiger partial charge >= 0.3 is 5.97 Å². The molecule has 2 heterocycles. The van der Waals surface area contributed by atoms with Crippen LogP contribution in [0.15, 0.2) is 24.3 Å². The second kappa shape index (κ2) is 7.93. The van der Waals surface area contributed by atoms with Crippen molar-refractivity contribution in [2.24, 2.45) is 11.3 Å². The molecule has 0 unspecified atom stereocenters. The first-order valence-corrected chi connectivity index (χ1v) is 8.95. The molecule has 2 aliphatic heterocycles. The van der Waals surface area contributed by atoms with E-state index < -0.39 is 22.2 Å². The molecule has 0 radical (unpaired) electrons. The molecule has 1 aromatic carbocycles. The summed E-state index contributed by atoms with van der Waals surface area (Å²) in [6.45, 7) is 1.28. The average molecular weight is 391 g/mol. The van der Waals surface area contributed by atoms with E-state index in [0.29, 0.717) is 26.2 Å². The first-order valence-electron chi connectivity index (χ1n) is 8.95. The molecule has 2 N–H and O–H groups in total. The van der Waals surface area contributed by atoms with Crippen LogP contribution >= 0.6 is 0 Å². The Morgan fingerprint density at radius 3 is 2.64 bits per heavy atom. The fourth-order valence-electron chi connectivity index (χ4n) is 3.77. The lowest BCUT2D eigenvalue weighted by molar-refractivity contribution is -0.384. The van der Waals surface area contributed by atoms with Crippen molar-refractivity contribution in [2.75, 3.05) is 32.8 Å². The monoisotopic (exact) mass is 391 g/mol. The minimum atomic E-state index is -0.948. The quantitative estimate of drug-likeness (QED) is 0.536. The molecule has 28 heavy (non-hydrogen) atoms. The number of rotatable bonds is 6. The number of ether oxygens (including phenoxy) is 1. The van der Waals surface area contributed by atoms with Gasteiger partial charge in [0.25, 0.3) is 11.6 Å². The number of nitro groups is 1. The molecule has 10 nitrogen and oxygen atoms in total. The molecular formula is C18H21N3O7. The van der Waals surface area contributed by atoms with Gasteiger partial charge in [0.1, 0.15) is 0 Å². The van der Waals surface area contributed by atoms with Gasteiger partial charge < -0.3 is 20.1 Å². The van der Waals surface area contributed by atoms with Crippen molar-refractivity contribution in [1.82, 2.24) is 10.2 Å². The standard InChI is InChI=1S/C18H21N3O7/c22-15(20-9-13-10-28-8-6-18(13,11-20)17(24)25)5-7-19-16(23)12-1-3-14(4-2-12)21(26)27/h1-4,13H,5-11H2,(H,19,23)(H,24,25)/t13-,18+/m0/s1. The van der Waals surface area contributed by atoms with Gasteiger partial charge in [0.2, 0.25) is 5.91 Å². The van der Waals surface area contributed by atoms with Gasteiger partial charge in [-0.3, -0.25) is 24.5 Å². The SMILES string of the molecule is O=C(NCCC(=O)N1C[C@H]2COCC[C@@]2(C(=O)O)C1)c1ccc([N+](=O)[O-])cc1. The van der Waals surface area contributed by atoms with E-state index in [2.05, 4.69) is 5.32 Å². The number of fused-ring (bicyclic) bond motifs is 1. The number of nitro benzene ring substituents is 1. The second-order valence-electron chi connectivity index (χ2n) is 7.07. The summed E-state index contributed by atoms with van der Waals surface area (Å²) >= 11 is 0. The van der Waals surface area contributed by atoms with Crippen molar-refractivity contribution in [3.8, 4) is 0 Å². The van der Waals surface area contributed by atoms with Crippen molar-refractivity contribution in [1.29, 1.82) is 0 Å². The molecule has 150 valence electrons. The Labute approximate surface area is 160 Å². The zero-order valence-corrected chi connectivity index (χ0v) is 15.1. The van der Waals surface area contributed by atoms with Crippen molar-refractivity contribution < 1.29 is 29.2 Å². The van der Waals surface area contributed by atoms with E-state index in [-0.39, 0.29) is 42.6 Å². The number of amides is 2. The molecule has 2 saturated heterocycles. The van der Waals surface area contributed by atoms with Crippen LogP contribution in [-0.4, -0.2) is 65.6 Å². The Kier molecular flexibility index (Phi) is 5.59. The van der Waals surface area contributed by atoms with Gasteiger partial charge in [0.15, 0.2) is 0 Å². The lowest BCUT2D eigenvalue weighted by Gasteiger charge is -2.33. The summed E-state index contributed by atoms with van der Waals surface area (Å²) in [4.78, 5) is 47.9. The van der Waals surface area contributed by atoms with Crippen LogP contribution in [0.25, 0.3) is 0 Å². The molecule has 0 aromatic heterocycles. The van der Waals surface area contributed by atoms with E-state index in [1.165, 1.54) is 29.2 Å². The molecule has 3 rings (SSSR count). The molecular weight excluding hydrogens is 370 g/mol. The Balaban J connectivity index is 1.51. The molecule has 0 aliphatic carbocycles. The highest BCUT2D eigenvalue weighted by atomic mass is 16.6. The highest BCUT2D eigenvalue weighted by Gasteiger charge is 2.54. The highest BCUT2D eigenvalue weighted by Crippen LogP contribution is 2.42. The third-order valence-electron chi connectivity index (χ3n) is 5.45. The second-order valence-corrected chi connectivity index (χ2v) is 7.07. The molecule has 2 fully saturated rings. The average Bonchev–Trinajstić information content (AvgIpc) is 3.09. The topological polar surface area (TPSA) is 139 Å². The van der Waals surface area contributed by atoms with Crippen LogP contribution in [0.1, 0.15) is 23.2 Å². The van der Waals surface area contributed by atoms with Crippen molar-refractivity contribution >= 4 is 23.5 Å². The first kappa shape index (κ1) is 19.7. The van der Waals surface area contributed by atoms with Gasteiger partial charge in [-0.2, -0.15) is 0 Å². The summed E-state index contributed by atoms with van der Waals surface area (Å²) < 4.78 is 5.37. The Bertz CT molecular complexity index is 795. The van der Waals surface area contributed by atoms with Crippen molar-refractivity contribution in [3.63, 3.8) is 0 Å². The van der Waals surface area contributed by atoms with E-state index in [1.807, 2.05) is 0 Å². The molecule has 1 aromatic rings. The smallest absolute Gasteiger partial charge is 0.311 e. The number of nitrogens with zero attached hydrogens (tertiary/aromatic N) is 2. The number of non-ortho nitro benzene ring substituents is 1. The molecule has 0 saturated carbocycles. The summed E-state index contributed by atoms with van der Waals surface area (Å²) in [6, 6.07) is 5.16. The zero-order chi connectivity index (χ0) is 20.3. The van der Waals surface area contributed by atoms with Crippen LogP contribution in [0.3, 0.4) is 0 Å². The number of carboxylic acid groups (broad SMARTS) is 1. The molecule has 2 aliphatic rings. The number of likely N-dealkylation sites (tertiary alicyclic amines) is 1. The predicted octanol–water partition coefficient (Wildman–Crippen LogP) is 0.664. The predicted molar refractivity (Wildman–Crippen MR) is 95.6 cm³/mol. The van der Waals surface area contributed by atoms with E-state index >= 15 is 0 Å². The number of hydrogen-bond acceptors (Lipinski definition) is 6. The highest BCUT2D eigenvalue weighted by molar-refractivity contribution is 5.94. The van der Waals surface area contributed by atoms with Crippen LogP contribution in [0.4, 0.5) is 5.69 Å². The number of aliphatic carboxylic acids is 1. The maximum atomic E-state index is 12.5. The van der Waals surface area contributed by atoms with Gasteiger partial charge in [0.05, 0.1) is 16.9 Å². The minimum absolute atomic E-state index is 0.0436. The van der Waals surface area contributed by atoms with Crippen molar-refractivity contribution in [2.45, 2.75) is 12.8 Å². The molecule has 0 spiro atoms. The van der Waals surface area contributed by atoms with Crippen molar-refractivity contribution in [3.05, 3.63) is 39.9 Å². The lowest BCUT2D eigenvalue weighted by atomic mass is 9.74. The van der Waals surface area contributed by atoms with Gasteiger partial charge in [0, 0.05) is 56.3 Å². The lowest BCUT2D eigenvalue weighted by Crippen LogP contribution is -2.45. The summed E-state index contributed by atoms with van der Waals surface area (Å²) in [5, 5.41) is 22.9. The summed E-state index contributed by atoms with van der Waals surface area (Å²) in [5.74, 6) is -1.79. The van der Waals surface area contributed by atoms with Gasteiger partial charge in [-0.1, -0.05) is 0 Å². The molecule has 10 heteroatoms. The maximum Gasteiger partial charge on any atom is 0.311 e. The number of carbonyl (C=O) groups is 3. The molecule has 2 atom stereocenters.